The van der Waals surface area contributed by atoms with Crippen molar-refractivity contribution >= 4 is 22.7 Å². The van der Waals surface area contributed by atoms with Gasteiger partial charge < -0.3 is 9.47 Å². The molecule has 0 amide bonds. The molecule has 0 aromatic heterocycles. The summed E-state index contributed by atoms with van der Waals surface area (Å²) in [5, 5.41) is 1.77. The van der Waals surface area contributed by atoms with Crippen molar-refractivity contribution in [3.8, 4) is 0 Å². The van der Waals surface area contributed by atoms with Crippen LogP contribution in [0.15, 0.2) is 36.4 Å². The fourth-order valence-electron chi connectivity index (χ4n) is 2.15. The van der Waals surface area contributed by atoms with E-state index in [0.29, 0.717) is 36.2 Å². The van der Waals surface area contributed by atoms with Gasteiger partial charge >= 0.3 is 11.9 Å². The highest BCUT2D eigenvalue weighted by atomic mass is 16.5. The van der Waals surface area contributed by atoms with Gasteiger partial charge in [-0.3, -0.25) is 0 Å². The minimum Gasteiger partial charge on any atom is -0.462 e. The Morgan fingerprint density at radius 1 is 0.750 bits per heavy atom. The first-order chi connectivity index (χ1) is 11.4. The van der Waals surface area contributed by atoms with Gasteiger partial charge in [-0.05, 0) is 46.9 Å². The Bertz CT molecular complexity index is 668. The first-order valence-corrected chi connectivity index (χ1v) is 8.25. The van der Waals surface area contributed by atoms with E-state index in [1.807, 2.05) is 39.8 Å². The summed E-state index contributed by atoms with van der Waals surface area (Å²) in [5.74, 6) is -0.0559. The van der Waals surface area contributed by atoms with E-state index >= 15 is 0 Å². The van der Waals surface area contributed by atoms with Crippen molar-refractivity contribution in [2.45, 2.75) is 27.7 Å². The van der Waals surface area contributed by atoms with Gasteiger partial charge in [0.05, 0.1) is 24.3 Å². The van der Waals surface area contributed by atoms with Crippen LogP contribution in [0.3, 0.4) is 0 Å². The summed E-state index contributed by atoms with van der Waals surface area (Å²) in [7, 11) is 0. The van der Waals surface area contributed by atoms with Crippen LogP contribution in [-0.4, -0.2) is 25.2 Å². The average molecular weight is 328 g/mol. The molecule has 24 heavy (non-hydrogen) atoms. The quantitative estimate of drug-likeness (QED) is 0.734. The summed E-state index contributed by atoms with van der Waals surface area (Å²) in [6, 6.07) is 10.6. The molecule has 0 unspecified atom stereocenters. The average Bonchev–Trinajstić information content (AvgIpc) is 2.56. The van der Waals surface area contributed by atoms with E-state index in [-0.39, 0.29) is 11.9 Å². The van der Waals surface area contributed by atoms with Crippen molar-refractivity contribution < 1.29 is 19.1 Å². The van der Waals surface area contributed by atoms with Crippen LogP contribution in [0.25, 0.3) is 10.8 Å². The second-order valence-electron chi connectivity index (χ2n) is 6.76. The largest absolute Gasteiger partial charge is 0.462 e. The minimum atomic E-state index is -0.328. The number of fused-ring (bicyclic) bond motifs is 1. The van der Waals surface area contributed by atoms with Crippen LogP contribution in [0.1, 0.15) is 48.4 Å². The third-order valence-corrected chi connectivity index (χ3v) is 3.41. The van der Waals surface area contributed by atoms with E-state index in [0.717, 1.165) is 10.8 Å². The van der Waals surface area contributed by atoms with Crippen LogP contribution in [0.2, 0.25) is 0 Å². The van der Waals surface area contributed by atoms with Crippen molar-refractivity contribution in [3.63, 3.8) is 0 Å². The Morgan fingerprint density at radius 2 is 1.12 bits per heavy atom. The molecule has 2 aromatic rings. The maximum atomic E-state index is 12.0. The van der Waals surface area contributed by atoms with Gasteiger partial charge in [-0.1, -0.05) is 39.8 Å². The summed E-state index contributed by atoms with van der Waals surface area (Å²) < 4.78 is 10.5. The highest BCUT2D eigenvalue weighted by Crippen LogP contribution is 2.19. The lowest BCUT2D eigenvalue weighted by Gasteiger charge is -2.09. The van der Waals surface area contributed by atoms with Gasteiger partial charge in [0.1, 0.15) is 0 Å². The van der Waals surface area contributed by atoms with E-state index in [4.69, 9.17) is 9.47 Å². The fourth-order valence-corrected chi connectivity index (χ4v) is 2.15. The number of carbonyl (C=O) groups is 2. The molecule has 0 aliphatic heterocycles. The molecule has 0 saturated heterocycles. The molecule has 0 N–H and O–H groups in total. The SMILES string of the molecule is CC(C)COC(=O)c1ccc2cc(C(=O)OCC(C)C)ccc2c1. The van der Waals surface area contributed by atoms with Crippen LogP contribution >= 0.6 is 0 Å². The molecule has 0 aliphatic carbocycles. The van der Waals surface area contributed by atoms with Crippen molar-refractivity contribution in [1.29, 1.82) is 0 Å². The van der Waals surface area contributed by atoms with Gasteiger partial charge in [0, 0.05) is 0 Å². The zero-order valence-corrected chi connectivity index (χ0v) is 14.7. The van der Waals surface area contributed by atoms with Gasteiger partial charge in [-0.2, -0.15) is 0 Å². The van der Waals surface area contributed by atoms with Crippen LogP contribution in [0.5, 0.6) is 0 Å². The number of hydrogen-bond acceptors (Lipinski definition) is 4. The highest BCUT2D eigenvalue weighted by Gasteiger charge is 2.12. The molecule has 0 radical (unpaired) electrons. The molecule has 0 fully saturated rings. The van der Waals surface area contributed by atoms with E-state index in [9.17, 15) is 9.59 Å². The Hall–Kier alpha value is -2.36. The summed E-state index contributed by atoms with van der Waals surface area (Å²) in [6.45, 7) is 8.78. The summed E-state index contributed by atoms with van der Waals surface area (Å²) in [6.07, 6.45) is 0. The molecule has 2 aromatic carbocycles. The number of benzene rings is 2. The van der Waals surface area contributed by atoms with Crippen molar-refractivity contribution in [1.82, 2.24) is 0 Å². The predicted octanol–water partition coefficient (Wildman–Crippen LogP) is 4.47. The molecule has 0 atom stereocenters. The van der Waals surface area contributed by atoms with E-state index in [2.05, 4.69) is 0 Å². The smallest absolute Gasteiger partial charge is 0.338 e. The number of hydrogen-bond donors (Lipinski definition) is 0. The van der Waals surface area contributed by atoms with Gasteiger partial charge in [-0.15, -0.1) is 0 Å². The monoisotopic (exact) mass is 328 g/mol. The number of rotatable bonds is 6. The zero-order chi connectivity index (χ0) is 17.7. The fraction of sp³-hybridized carbons (Fsp3) is 0.400. The Balaban J connectivity index is 2.16. The van der Waals surface area contributed by atoms with Crippen LogP contribution in [-0.2, 0) is 9.47 Å². The Morgan fingerprint density at radius 3 is 1.46 bits per heavy atom. The molecular weight excluding hydrogens is 304 g/mol. The first kappa shape index (κ1) is 18.0. The first-order valence-electron chi connectivity index (χ1n) is 8.25. The summed E-state index contributed by atoms with van der Waals surface area (Å²) in [4.78, 5) is 24.0. The van der Waals surface area contributed by atoms with Crippen LogP contribution in [0.4, 0.5) is 0 Å². The second-order valence-corrected chi connectivity index (χ2v) is 6.76. The highest BCUT2D eigenvalue weighted by molar-refractivity contribution is 5.99. The molecule has 0 heterocycles. The normalized spacial score (nSPS) is 11.1. The van der Waals surface area contributed by atoms with Crippen molar-refractivity contribution in [3.05, 3.63) is 47.5 Å². The third-order valence-electron chi connectivity index (χ3n) is 3.41. The standard InChI is InChI=1S/C20H24O4/c1-13(2)11-23-19(21)17-7-5-16-10-18(8-6-15(16)9-17)20(22)24-12-14(3)4/h5-10,13-14H,11-12H2,1-4H3. The lowest BCUT2D eigenvalue weighted by atomic mass is 10.0. The lowest BCUT2D eigenvalue weighted by molar-refractivity contribution is 0.0450. The minimum absolute atomic E-state index is 0.300. The predicted molar refractivity (Wildman–Crippen MR) is 94.2 cm³/mol. The second kappa shape index (κ2) is 7.95. The van der Waals surface area contributed by atoms with E-state index < -0.39 is 0 Å². The maximum Gasteiger partial charge on any atom is 0.338 e. The van der Waals surface area contributed by atoms with Gasteiger partial charge in [0.15, 0.2) is 0 Å². The van der Waals surface area contributed by atoms with Gasteiger partial charge in [0.2, 0.25) is 0 Å². The third kappa shape index (κ3) is 4.82. The Labute approximate surface area is 142 Å². The molecule has 128 valence electrons. The summed E-state index contributed by atoms with van der Waals surface area (Å²) in [5.41, 5.74) is 1.02. The molecule has 4 heteroatoms. The zero-order valence-electron chi connectivity index (χ0n) is 14.7. The summed E-state index contributed by atoms with van der Waals surface area (Å²) >= 11 is 0. The van der Waals surface area contributed by atoms with Crippen molar-refractivity contribution in [2.75, 3.05) is 13.2 Å². The van der Waals surface area contributed by atoms with Crippen LogP contribution < -0.4 is 0 Å². The van der Waals surface area contributed by atoms with Gasteiger partial charge in [-0.25, -0.2) is 9.59 Å². The molecule has 0 saturated carbocycles. The maximum absolute atomic E-state index is 12.0. The topological polar surface area (TPSA) is 52.6 Å². The number of carbonyl (C=O) groups excluding carboxylic acids is 2. The van der Waals surface area contributed by atoms with Crippen LogP contribution in [0, 0.1) is 11.8 Å². The van der Waals surface area contributed by atoms with Crippen molar-refractivity contribution in [2.24, 2.45) is 11.8 Å². The molecule has 0 spiro atoms. The number of ether oxygens (including phenoxy) is 2. The van der Waals surface area contributed by atoms with E-state index in [1.54, 1.807) is 24.3 Å². The number of esters is 2. The van der Waals surface area contributed by atoms with E-state index in [1.165, 1.54) is 0 Å². The molecule has 0 aliphatic rings. The molecule has 4 nitrogen and oxygen atoms in total. The lowest BCUT2D eigenvalue weighted by Crippen LogP contribution is -2.10. The Kier molecular flexibility index (Phi) is 5.96. The molecular formula is C20H24O4. The molecule has 2 rings (SSSR count). The van der Waals surface area contributed by atoms with Gasteiger partial charge in [0.25, 0.3) is 0 Å². The molecule has 0 bridgehead atoms.